The van der Waals surface area contributed by atoms with Crippen LogP contribution >= 0.6 is 0 Å². The number of hydrogen-bond donors (Lipinski definition) is 2. The molecule has 7 nitrogen and oxygen atoms in total. The third-order valence-corrected chi connectivity index (χ3v) is 6.44. The number of amides is 1. The van der Waals surface area contributed by atoms with E-state index in [-0.39, 0.29) is 23.7 Å². The zero-order valence-electron chi connectivity index (χ0n) is 16.3. The molecule has 4 heterocycles. The van der Waals surface area contributed by atoms with Crippen molar-refractivity contribution < 1.29 is 9.90 Å². The summed E-state index contributed by atoms with van der Waals surface area (Å²) >= 11 is 0. The van der Waals surface area contributed by atoms with Crippen LogP contribution in [0.15, 0.2) is 55.0 Å². The number of aromatic hydroxyl groups is 1. The number of anilines is 1. The Morgan fingerprint density at radius 2 is 1.87 bits per heavy atom. The summed E-state index contributed by atoms with van der Waals surface area (Å²) in [5, 5.41) is 12.6. The number of piperazine rings is 1. The van der Waals surface area contributed by atoms with Crippen LogP contribution < -0.4 is 4.90 Å². The number of benzene rings is 2. The van der Waals surface area contributed by atoms with Crippen LogP contribution in [0.5, 0.6) is 5.75 Å². The van der Waals surface area contributed by atoms with Gasteiger partial charge in [-0.15, -0.1) is 0 Å². The molecule has 150 valence electrons. The van der Waals surface area contributed by atoms with Crippen LogP contribution in [0, 0.1) is 0 Å². The van der Waals surface area contributed by atoms with Crippen molar-refractivity contribution >= 4 is 33.5 Å². The Hall–Kier alpha value is -3.61. The van der Waals surface area contributed by atoms with Crippen LogP contribution in [-0.4, -0.2) is 56.0 Å². The lowest BCUT2D eigenvalue weighted by molar-refractivity contribution is 0.0643. The highest BCUT2D eigenvalue weighted by Crippen LogP contribution is 2.36. The Morgan fingerprint density at radius 3 is 2.70 bits per heavy atom. The van der Waals surface area contributed by atoms with Crippen molar-refractivity contribution in [3.63, 3.8) is 0 Å². The maximum absolute atomic E-state index is 13.6. The Labute approximate surface area is 173 Å². The second-order valence-corrected chi connectivity index (χ2v) is 8.15. The fourth-order valence-electron chi connectivity index (χ4n) is 5.11. The van der Waals surface area contributed by atoms with Gasteiger partial charge < -0.3 is 19.9 Å². The number of phenols is 1. The third kappa shape index (κ3) is 2.55. The predicted octanol–water partition coefficient (Wildman–Crippen LogP) is 3.31. The standard InChI is InChI=1S/C23H21N5O2/c29-17-6-7-18-14(10-17)2-1-3-19(18)23(30)28-15-4-5-16(28)12-27(11-15)22-20-8-9-24-21(20)25-13-26-22/h1-3,6-10,13,15-16,29H,4-5,11-12H2,(H,24,25,26)/t15-,16-/m1/s1. The molecule has 2 atom stereocenters. The number of rotatable bonds is 2. The highest BCUT2D eigenvalue weighted by molar-refractivity contribution is 6.07. The summed E-state index contributed by atoms with van der Waals surface area (Å²) < 4.78 is 0. The smallest absolute Gasteiger partial charge is 0.255 e. The Morgan fingerprint density at radius 1 is 1.03 bits per heavy atom. The zero-order chi connectivity index (χ0) is 20.2. The van der Waals surface area contributed by atoms with Crippen molar-refractivity contribution in [3.05, 3.63) is 60.6 Å². The summed E-state index contributed by atoms with van der Waals surface area (Å²) in [5.41, 5.74) is 1.54. The van der Waals surface area contributed by atoms with Gasteiger partial charge in [-0.3, -0.25) is 4.79 Å². The van der Waals surface area contributed by atoms with Gasteiger partial charge in [0.1, 0.15) is 23.5 Å². The zero-order valence-corrected chi connectivity index (χ0v) is 16.3. The summed E-state index contributed by atoms with van der Waals surface area (Å²) in [5.74, 6) is 1.22. The van der Waals surface area contributed by atoms with Crippen molar-refractivity contribution in [2.75, 3.05) is 18.0 Å². The van der Waals surface area contributed by atoms with Crippen LogP contribution in [0.2, 0.25) is 0 Å². The monoisotopic (exact) mass is 399 g/mol. The Balaban J connectivity index is 1.33. The second kappa shape index (κ2) is 6.45. The van der Waals surface area contributed by atoms with Gasteiger partial charge >= 0.3 is 0 Å². The van der Waals surface area contributed by atoms with E-state index in [4.69, 9.17) is 0 Å². The van der Waals surface area contributed by atoms with E-state index in [0.29, 0.717) is 5.56 Å². The van der Waals surface area contributed by atoms with Gasteiger partial charge in [0.15, 0.2) is 0 Å². The minimum absolute atomic E-state index is 0.0768. The van der Waals surface area contributed by atoms with Gasteiger partial charge in [0.25, 0.3) is 5.91 Å². The number of aromatic amines is 1. The summed E-state index contributed by atoms with van der Waals surface area (Å²) in [6, 6.07) is 13.2. The second-order valence-electron chi connectivity index (χ2n) is 8.15. The number of hydrogen-bond acceptors (Lipinski definition) is 5. The number of aromatic nitrogens is 3. The molecule has 0 saturated carbocycles. The molecule has 2 aromatic carbocycles. The van der Waals surface area contributed by atoms with E-state index in [0.717, 1.165) is 53.6 Å². The quantitative estimate of drug-likeness (QED) is 0.540. The van der Waals surface area contributed by atoms with E-state index in [1.54, 1.807) is 18.5 Å². The van der Waals surface area contributed by atoms with Crippen molar-refractivity contribution in [1.82, 2.24) is 19.9 Å². The molecule has 2 saturated heterocycles. The van der Waals surface area contributed by atoms with E-state index in [2.05, 4.69) is 24.8 Å². The molecule has 2 aliphatic rings. The van der Waals surface area contributed by atoms with Crippen molar-refractivity contribution in [1.29, 1.82) is 0 Å². The summed E-state index contributed by atoms with van der Waals surface area (Å²) in [6.45, 7) is 1.54. The molecule has 6 rings (SSSR count). The first-order chi connectivity index (χ1) is 14.7. The Kier molecular flexibility index (Phi) is 3.71. The summed E-state index contributed by atoms with van der Waals surface area (Å²) in [6.07, 6.45) is 5.48. The van der Waals surface area contributed by atoms with E-state index < -0.39 is 0 Å². The molecule has 4 aromatic rings. The number of carbonyl (C=O) groups is 1. The molecular weight excluding hydrogens is 378 g/mol. The summed E-state index contributed by atoms with van der Waals surface area (Å²) in [7, 11) is 0. The molecule has 2 fully saturated rings. The van der Waals surface area contributed by atoms with E-state index in [9.17, 15) is 9.90 Å². The third-order valence-electron chi connectivity index (χ3n) is 6.44. The number of fused-ring (bicyclic) bond motifs is 4. The first-order valence-electron chi connectivity index (χ1n) is 10.3. The minimum Gasteiger partial charge on any atom is -0.508 e. The average Bonchev–Trinajstić information content (AvgIpc) is 3.34. The largest absolute Gasteiger partial charge is 0.508 e. The van der Waals surface area contributed by atoms with Crippen LogP contribution in [0.3, 0.4) is 0 Å². The number of H-pyrrole nitrogens is 1. The molecule has 0 aliphatic carbocycles. The number of carbonyl (C=O) groups excluding carboxylic acids is 1. The van der Waals surface area contributed by atoms with Crippen molar-refractivity contribution in [2.24, 2.45) is 0 Å². The molecule has 2 bridgehead atoms. The van der Waals surface area contributed by atoms with E-state index >= 15 is 0 Å². The predicted molar refractivity (Wildman–Crippen MR) is 115 cm³/mol. The number of nitrogens with zero attached hydrogens (tertiary/aromatic N) is 4. The maximum atomic E-state index is 13.6. The highest BCUT2D eigenvalue weighted by Gasteiger charge is 2.43. The lowest BCUT2D eigenvalue weighted by Crippen LogP contribution is -2.56. The fraction of sp³-hybridized carbons (Fsp3) is 0.261. The fourth-order valence-corrected chi connectivity index (χ4v) is 5.11. The van der Waals surface area contributed by atoms with Gasteiger partial charge in [0, 0.05) is 24.8 Å². The molecule has 0 radical (unpaired) electrons. The van der Waals surface area contributed by atoms with Gasteiger partial charge in [-0.2, -0.15) is 0 Å². The maximum Gasteiger partial charge on any atom is 0.255 e. The highest BCUT2D eigenvalue weighted by atomic mass is 16.3. The Bertz CT molecular complexity index is 1270. The molecular formula is C23H21N5O2. The molecule has 0 spiro atoms. The van der Waals surface area contributed by atoms with Crippen molar-refractivity contribution in [2.45, 2.75) is 24.9 Å². The van der Waals surface area contributed by atoms with E-state index in [1.807, 2.05) is 36.5 Å². The lowest BCUT2D eigenvalue weighted by Gasteiger charge is -2.41. The van der Waals surface area contributed by atoms with Gasteiger partial charge in [0.2, 0.25) is 0 Å². The molecule has 2 aromatic heterocycles. The normalized spacial score (nSPS) is 20.9. The van der Waals surface area contributed by atoms with E-state index in [1.165, 1.54) is 0 Å². The average molecular weight is 399 g/mol. The van der Waals surface area contributed by atoms with Crippen LogP contribution in [0.1, 0.15) is 23.2 Å². The number of nitrogens with one attached hydrogen (secondary N) is 1. The van der Waals surface area contributed by atoms with Gasteiger partial charge in [-0.05, 0) is 53.9 Å². The van der Waals surface area contributed by atoms with Gasteiger partial charge in [0.05, 0.1) is 17.5 Å². The first kappa shape index (κ1) is 17.3. The van der Waals surface area contributed by atoms with Gasteiger partial charge in [-0.25, -0.2) is 9.97 Å². The molecule has 2 N–H and O–H groups in total. The molecule has 2 aliphatic heterocycles. The topological polar surface area (TPSA) is 85.3 Å². The molecule has 7 heteroatoms. The molecule has 0 unspecified atom stereocenters. The van der Waals surface area contributed by atoms with Crippen LogP contribution in [0.25, 0.3) is 21.8 Å². The first-order valence-corrected chi connectivity index (χ1v) is 10.3. The SMILES string of the molecule is O=C(c1cccc2cc(O)ccc12)N1[C@@H]2CC[C@@H]1CN(c1ncnc3[nH]ccc13)C2. The molecule has 1 amide bonds. The number of phenolic OH excluding ortho intramolecular Hbond substituents is 1. The molecule has 30 heavy (non-hydrogen) atoms. The summed E-state index contributed by atoms with van der Waals surface area (Å²) in [4.78, 5) is 29.9. The lowest BCUT2D eigenvalue weighted by atomic mass is 10.0. The van der Waals surface area contributed by atoms with Crippen LogP contribution in [0.4, 0.5) is 5.82 Å². The van der Waals surface area contributed by atoms with Gasteiger partial charge in [-0.1, -0.05) is 12.1 Å². The van der Waals surface area contributed by atoms with Crippen molar-refractivity contribution in [3.8, 4) is 5.75 Å². The van der Waals surface area contributed by atoms with Crippen LogP contribution in [-0.2, 0) is 0 Å². The minimum atomic E-state index is 0.0768.